The molecule has 1 saturated heterocycles. The Kier molecular flexibility index (Phi) is 5.58. The summed E-state index contributed by atoms with van der Waals surface area (Å²) in [6.07, 6.45) is -4.61. The van der Waals surface area contributed by atoms with Gasteiger partial charge in [0.2, 0.25) is 0 Å². The first-order valence-corrected chi connectivity index (χ1v) is 8.04. The summed E-state index contributed by atoms with van der Waals surface area (Å²) in [4.78, 5) is 14.9. The molecule has 0 unspecified atom stereocenters. The van der Waals surface area contributed by atoms with Gasteiger partial charge >= 0.3 is 6.18 Å². The first-order valence-electron chi connectivity index (χ1n) is 8.04. The molecule has 25 heavy (non-hydrogen) atoms. The summed E-state index contributed by atoms with van der Waals surface area (Å²) >= 11 is 0. The van der Waals surface area contributed by atoms with Crippen LogP contribution in [0.1, 0.15) is 19.4 Å². The Balaban J connectivity index is 2.12. The van der Waals surface area contributed by atoms with Gasteiger partial charge in [-0.2, -0.15) is 13.2 Å². The molecule has 1 aliphatic rings. The Morgan fingerprint density at radius 3 is 2.32 bits per heavy atom. The van der Waals surface area contributed by atoms with Gasteiger partial charge in [0.05, 0.1) is 10.5 Å². The smallest absolute Gasteiger partial charge is 0.378 e. The van der Waals surface area contributed by atoms with Crippen LogP contribution in [0.4, 0.5) is 24.5 Å². The molecule has 6 nitrogen and oxygen atoms in total. The summed E-state index contributed by atoms with van der Waals surface area (Å²) in [6, 6.07) is 2.56. The van der Waals surface area contributed by atoms with Crippen molar-refractivity contribution in [2.75, 3.05) is 45.1 Å². The van der Waals surface area contributed by atoms with Gasteiger partial charge in [-0.05, 0) is 33.0 Å². The van der Waals surface area contributed by atoms with Gasteiger partial charge in [0.1, 0.15) is 5.69 Å². The number of benzene rings is 1. The van der Waals surface area contributed by atoms with Crippen molar-refractivity contribution in [3.63, 3.8) is 0 Å². The minimum atomic E-state index is -4.61. The van der Waals surface area contributed by atoms with E-state index in [-0.39, 0.29) is 11.2 Å². The van der Waals surface area contributed by atoms with Crippen LogP contribution in [0.2, 0.25) is 0 Å². The minimum absolute atomic E-state index is 0.0974. The van der Waals surface area contributed by atoms with E-state index in [0.29, 0.717) is 12.6 Å². The number of rotatable bonds is 5. The van der Waals surface area contributed by atoms with Gasteiger partial charge in [-0.25, -0.2) is 0 Å². The lowest BCUT2D eigenvalue weighted by Crippen LogP contribution is -2.56. The molecule has 0 atom stereocenters. The highest BCUT2D eigenvalue weighted by Gasteiger charge is 2.34. The van der Waals surface area contributed by atoms with Crippen molar-refractivity contribution in [3.05, 3.63) is 33.9 Å². The molecule has 1 fully saturated rings. The number of hydrogen-bond acceptors (Lipinski definition) is 5. The zero-order valence-electron chi connectivity index (χ0n) is 14.6. The van der Waals surface area contributed by atoms with Gasteiger partial charge in [0.15, 0.2) is 0 Å². The fourth-order valence-corrected chi connectivity index (χ4v) is 2.84. The Morgan fingerprint density at radius 1 is 1.20 bits per heavy atom. The van der Waals surface area contributed by atoms with Crippen molar-refractivity contribution in [1.82, 2.24) is 9.80 Å². The molecule has 0 aromatic heterocycles. The maximum Gasteiger partial charge on any atom is 0.416 e. The number of nitro benzene ring substituents is 1. The monoisotopic (exact) mass is 360 g/mol. The predicted molar refractivity (Wildman–Crippen MR) is 89.7 cm³/mol. The average molecular weight is 360 g/mol. The number of anilines is 1. The molecule has 1 aliphatic heterocycles. The van der Waals surface area contributed by atoms with E-state index >= 15 is 0 Å². The molecule has 0 radical (unpaired) electrons. The molecule has 1 heterocycles. The Morgan fingerprint density at radius 2 is 1.80 bits per heavy atom. The molecule has 0 spiro atoms. The fraction of sp³-hybridized carbons (Fsp3) is 0.625. The number of nitro groups is 1. The topological polar surface area (TPSA) is 61.6 Å². The van der Waals surface area contributed by atoms with Gasteiger partial charge < -0.3 is 10.2 Å². The van der Waals surface area contributed by atoms with Crippen molar-refractivity contribution in [2.24, 2.45) is 0 Å². The first-order chi connectivity index (χ1) is 11.5. The number of nitrogens with one attached hydrogen (secondary N) is 1. The van der Waals surface area contributed by atoms with E-state index < -0.39 is 22.4 Å². The molecule has 0 bridgehead atoms. The van der Waals surface area contributed by atoms with E-state index in [1.807, 2.05) is 20.9 Å². The van der Waals surface area contributed by atoms with E-state index in [2.05, 4.69) is 15.1 Å². The van der Waals surface area contributed by atoms with E-state index in [1.54, 1.807) is 0 Å². The summed E-state index contributed by atoms with van der Waals surface area (Å²) in [6.45, 7) is 8.04. The van der Waals surface area contributed by atoms with E-state index in [9.17, 15) is 23.3 Å². The summed E-state index contributed by atoms with van der Waals surface area (Å²) in [5.74, 6) is 0. The quantitative estimate of drug-likeness (QED) is 0.646. The van der Waals surface area contributed by atoms with Crippen molar-refractivity contribution in [2.45, 2.75) is 25.6 Å². The maximum atomic E-state index is 12.8. The molecular formula is C16H23F3N4O2. The largest absolute Gasteiger partial charge is 0.416 e. The van der Waals surface area contributed by atoms with Crippen molar-refractivity contribution >= 4 is 11.4 Å². The summed E-state index contributed by atoms with van der Waals surface area (Å²) in [5, 5.41) is 14.1. The highest BCUT2D eigenvalue weighted by molar-refractivity contribution is 5.63. The van der Waals surface area contributed by atoms with E-state index in [1.165, 1.54) is 0 Å². The minimum Gasteiger partial charge on any atom is -0.378 e. The van der Waals surface area contributed by atoms with Crippen LogP contribution in [0.5, 0.6) is 0 Å². The fourth-order valence-electron chi connectivity index (χ4n) is 2.84. The highest BCUT2D eigenvalue weighted by atomic mass is 19.4. The zero-order valence-corrected chi connectivity index (χ0v) is 14.6. The molecule has 140 valence electrons. The highest BCUT2D eigenvalue weighted by Crippen LogP contribution is 2.35. The van der Waals surface area contributed by atoms with Gasteiger partial charge in [-0.1, -0.05) is 0 Å². The third-order valence-corrected chi connectivity index (χ3v) is 4.59. The average Bonchev–Trinajstić information content (AvgIpc) is 2.52. The first kappa shape index (κ1) is 19.5. The zero-order chi connectivity index (χ0) is 18.8. The SMILES string of the molecule is CN1CCN(C(C)(C)CNc2ccc(C(F)(F)F)cc2[N+](=O)[O-])CC1. The van der Waals surface area contributed by atoms with E-state index in [0.717, 1.165) is 38.3 Å². The molecule has 9 heteroatoms. The standard InChI is InChI=1S/C16H23F3N4O2/c1-15(2,22-8-6-21(3)7-9-22)11-20-13-5-4-12(16(17,18)19)10-14(13)23(24)25/h4-5,10,20H,6-9,11H2,1-3H3. The van der Waals surface area contributed by atoms with Crippen LogP contribution in [-0.4, -0.2) is 60.0 Å². The second-order valence-corrected chi connectivity index (χ2v) is 6.94. The van der Waals surface area contributed by atoms with Gasteiger partial charge in [-0.3, -0.25) is 15.0 Å². The Labute approximate surface area is 144 Å². The van der Waals surface area contributed by atoms with Crippen LogP contribution in [0.25, 0.3) is 0 Å². The van der Waals surface area contributed by atoms with Crippen LogP contribution < -0.4 is 5.32 Å². The normalized spacial score (nSPS) is 17.5. The lowest BCUT2D eigenvalue weighted by Gasteiger charge is -2.43. The Hall–Kier alpha value is -1.87. The second kappa shape index (κ2) is 7.17. The summed E-state index contributed by atoms with van der Waals surface area (Å²) in [5.41, 5.74) is -1.77. The molecule has 0 amide bonds. The number of alkyl halides is 3. The van der Waals surface area contributed by atoms with Crippen molar-refractivity contribution in [1.29, 1.82) is 0 Å². The van der Waals surface area contributed by atoms with Gasteiger partial charge in [0.25, 0.3) is 5.69 Å². The van der Waals surface area contributed by atoms with Gasteiger partial charge in [0, 0.05) is 44.3 Å². The Bertz CT molecular complexity index is 626. The number of piperazine rings is 1. The molecule has 1 N–H and O–H groups in total. The molecule has 0 saturated carbocycles. The van der Waals surface area contributed by atoms with Gasteiger partial charge in [-0.15, -0.1) is 0 Å². The number of nitrogens with zero attached hydrogens (tertiary/aromatic N) is 3. The predicted octanol–water partition coefficient (Wildman–Crippen LogP) is 3.05. The molecule has 1 aromatic rings. The third-order valence-electron chi connectivity index (χ3n) is 4.59. The van der Waals surface area contributed by atoms with E-state index in [4.69, 9.17) is 0 Å². The van der Waals surface area contributed by atoms with Crippen LogP contribution in [0.3, 0.4) is 0 Å². The third kappa shape index (κ3) is 4.82. The summed E-state index contributed by atoms with van der Waals surface area (Å²) < 4.78 is 38.3. The van der Waals surface area contributed by atoms with Crippen molar-refractivity contribution < 1.29 is 18.1 Å². The lowest BCUT2D eigenvalue weighted by molar-refractivity contribution is -0.384. The van der Waals surface area contributed by atoms with Crippen LogP contribution in [0.15, 0.2) is 18.2 Å². The molecule has 2 rings (SSSR count). The number of likely N-dealkylation sites (N-methyl/N-ethyl adjacent to an activating group) is 1. The lowest BCUT2D eigenvalue weighted by atomic mass is 10.0. The number of halogens is 3. The van der Waals surface area contributed by atoms with Crippen LogP contribution in [0, 0.1) is 10.1 Å². The van der Waals surface area contributed by atoms with Crippen LogP contribution in [-0.2, 0) is 6.18 Å². The maximum absolute atomic E-state index is 12.8. The van der Waals surface area contributed by atoms with Crippen molar-refractivity contribution in [3.8, 4) is 0 Å². The molecular weight excluding hydrogens is 337 g/mol. The second-order valence-electron chi connectivity index (χ2n) is 6.94. The molecule has 0 aliphatic carbocycles. The number of hydrogen-bond donors (Lipinski definition) is 1. The van der Waals surface area contributed by atoms with Crippen LogP contribution >= 0.6 is 0 Å². The molecule has 1 aromatic carbocycles. The summed E-state index contributed by atoms with van der Waals surface area (Å²) in [7, 11) is 2.05.